The van der Waals surface area contributed by atoms with Crippen LogP contribution >= 0.6 is 24.0 Å². The van der Waals surface area contributed by atoms with Gasteiger partial charge in [-0.1, -0.05) is 36.4 Å². The summed E-state index contributed by atoms with van der Waals surface area (Å²) in [6.07, 6.45) is 2.51. The van der Waals surface area contributed by atoms with Crippen LogP contribution in [0.4, 0.5) is 5.69 Å². The molecule has 0 atom stereocenters. The molecule has 8 heteroatoms. The second-order valence-electron chi connectivity index (χ2n) is 6.71. The number of hydrogen-bond acceptors (Lipinski definition) is 4. The number of aromatic nitrogens is 1. The van der Waals surface area contributed by atoms with Gasteiger partial charge in [-0.2, -0.15) is 0 Å². The third-order valence-corrected chi connectivity index (χ3v) is 4.83. The molecule has 7 nitrogen and oxygen atoms in total. The van der Waals surface area contributed by atoms with Crippen LogP contribution in [0, 0.1) is 0 Å². The van der Waals surface area contributed by atoms with Gasteiger partial charge in [-0.15, -0.1) is 24.0 Å². The number of aliphatic imine (C=N–C) groups is 1. The molecule has 156 valence electrons. The minimum absolute atomic E-state index is 0. The second-order valence-corrected chi connectivity index (χ2v) is 6.71. The number of guanidine groups is 1. The van der Waals surface area contributed by atoms with E-state index in [0.717, 1.165) is 23.4 Å². The topological polar surface area (TPSA) is 82.8 Å². The predicted molar refractivity (Wildman–Crippen MR) is 128 cm³/mol. The SMILES string of the molecule is CN=C(NCC(=O)N1CCc2ccccc21)NCc1coc(-c2ccccc2)n1.I. The zero-order valence-corrected chi connectivity index (χ0v) is 19.0. The van der Waals surface area contributed by atoms with E-state index in [9.17, 15) is 4.79 Å². The lowest BCUT2D eigenvalue weighted by atomic mass is 10.2. The van der Waals surface area contributed by atoms with Gasteiger partial charge in [0.05, 0.1) is 18.8 Å². The predicted octanol–water partition coefficient (Wildman–Crippen LogP) is 3.21. The summed E-state index contributed by atoms with van der Waals surface area (Å²) in [7, 11) is 1.67. The fourth-order valence-electron chi connectivity index (χ4n) is 3.35. The summed E-state index contributed by atoms with van der Waals surface area (Å²) in [4.78, 5) is 23.1. The molecule has 2 aromatic carbocycles. The lowest BCUT2D eigenvalue weighted by molar-refractivity contribution is -0.117. The molecule has 0 unspecified atom stereocenters. The van der Waals surface area contributed by atoms with Gasteiger partial charge in [-0.25, -0.2) is 4.98 Å². The maximum Gasteiger partial charge on any atom is 0.246 e. The Labute approximate surface area is 192 Å². The van der Waals surface area contributed by atoms with Crippen LogP contribution in [-0.4, -0.2) is 37.0 Å². The molecule has 1 aromatic heterocycles. The van der Waals surface area contributed by atoms with Crippen LogP contribution in [0.1, 0.15) is 11.3 Å². The highest BCUT2D eigenvalue weighted by molar-refractivity contribution is 14.0. The Bertz CT molecular complexity index is 1020. The Morgan fingerprint density at radius 1 is 1.13 bits per heavy atom. The molecule has 0 saturated heterocycles. The standard InChI is InChI=1S/C22H23N5O2.HI/c1-23-22(24-13-18-15-29-21(26-18)17-8-3-2-4-9-17)25-14-20(28)27-12-11-16-7-5-6-10-19(16)27;/h2-10,15H,11-14H2,1H3,(H2,23,24,25);1H. The van der Waals surface area contributed by atoms with Crippen LogP contribution in [0.25, 0.3) is 11.5 Å². The highest BCUT2D eigenvalue weighted by Crippen LogP contribution is 2.27. The minimum Gasteiger partial charge on any atom is -0.444 e. The number of oxazole rings is 1. The summed E-state index contributed by atoms with van der Waals surface area (Å²) < 4.78 is 5.54. The molecule has 2 heterocycles. The number of fused-ring (bicyclic) bond motifs is 1. The third kappa shape index (κ3) is 4.99. The maximum absolute atomic E-state index is 12.6. The van der Waals surface area contributed by atoms with Crippen LogP contribution in [0.15, 0.2) is 70.3 Å². The number of carbonyl (C=O) groups is 1. The number of anilines is 1. The average Bonchev–Trinajstić information content (AvgIpc) is 3.41. The van der Waals surface area contributed by atoms with Crippen LogP contribution in [0.2, 0.25) is 0 Å². The molecule has 3 aromatic rings. The molecule has 30 heavy (non-hydrogen) atoms. The van der Waals surface area contributed by atoms with E-state index in [4.69, 9.17) is 4.42 Å². The Balaban J connectivity index is 0.00000256. The number of nitrogens with one attached hydrogen (secondary N) is 2. The molecule has 0 fully saturated rings. The molecule has 0 saturated carbocycles. The van der Waals surface area contributed by atoms with Crippen molar-refractivity contribution in [3.05, 3.63) is 72.1 Å². The van der Waals surface area contributed by atoms with Gasteiger partial charge in [0, 0.05) is 24.8 Å². The summed E-state index contributed by atoms with van der Waals surface area (Å²) >= 11 is 0. The zero-order chi connectivity index (χ0) is 20.1. The number of rotatable bonds is 5. The van der Waals surface area contributed by atoms with E-state index in [0.29, 0.717) is 24.9 Å². The van der Waals surface area contributed by atoms with Crippen LogP contribution in [-0.2, 0) is 17.8 Å². The van der Waals surface area contributed by atoms with Gasteiger partial charge in [0.1, 0.15) is 6.26 Å². The first-order chi connectivity index (χ1) is 14.2. The van der Waals surface area contributed by atoms with Crippen LogP contribution in [0.5, 0.6) is 0 Å². The number of amides is 1. The molecule has 2 N–H and O–H groups in total. The quantitative estimate of drug-likeness (QED) is 0.309. The van der Waals surface area contributed by atoms with E-state index in [-0.39, 0.29) is 36.4 Å². The normalized spacial score (nSPS) is 12.8. The lowest BCUT2D eigenvalue weighted by Gasteiger charge is -2.18. The number of benzene rings is 2. The fraction of sp³-hybridized carbons (Fsp3) is 0.227. The summed E-state index contributed by atoms with van der Waals surface area (Å²) in [6, 6.07) is 17.8. The van der Waals surface area contributed by atoms with Crippen molar-refractivity contribution in [1.29, 1.82) is 0 Å². The fourth-order valence-corrected chi connectivity index (χ4v) is 3.35. The van der Waals surface area contributed by atoms with E-state index in [1.807, 2.05) is 53.4 Å². The molecule has 1 aliphatic rings. The van der Waals surface area contributed by atoms with Crippen molar-refractivity contribution in [3.63, 3.8) is 0 Å². The molecule has 4 rings (SSSR count). The van der Waals surface area contributed by atoms with Crippen molar-refractivity contribution in [2.24, 2.45) is 4.99 Å². The van der Waals surface area contributed by atoms with E-state index in [1.165, 1.54) is 5.56 Å². The second kappa shape index (κ2) is 10.2. The van der Waals surface area contributed by atoms with E-state index in [2.05, 4.69) is 26.7 Å². The molecule has 0 aliphatic carbocycles. The monoisotopic (exact) mass is 517 g/mol. The molecule has 0 radical (unpaired) electrons. The lowest BCUT2D eigenvalue weighted by Crippen LogP contribution is -2.44. The highest BCUT2D eigenvalue weighted by atomic mass is 127. The van der Waals surface area contributed by atoms with Gasteiger partial charge in [0.15, 0.2) is 5.96 Å². The molecular weight excluding hydrogens is 493 g/mol. The van der Waals surface area contributed by atoms with Gasteiger partial charge < -0.3 is 20.0 Å². The Kier molecular flexibility index (Phi) is 7.45. The van der Waals surface area contributed by atoms with Crippen molar-refractivity contribution >= 4 is 41.5 Å². The van der Waals surface area contributed by atoms with E-state index in [1.54, 1.807) is 13.3 Å². The zero-order valence-electron chi connectivity index (χ0n) is 16.7. The Hall–Kier alpha value is -2.88. The molecule has 0 spiro atoms. The summed E-state index contributed by atoms with van der Waals surface area (Å²) in [5.41, 5.74) is 3.89. The molecule has 1 aliphatic heterocycles. The van der Waals surface area contributed by atoms with Gasteiger partial charge in [-0.3, -0.25) is 9.79 Å². The first kappa shape index (κ1) is 21.8. The van der Waals surface area contributed by atoms with Crippen LogP contribution < -0.4 is 15.5 Å². The van der Waals surface area contributed by atoms with Gasteiger partial charge in [-0.05, 0) is 30.2 Å². The van der Waals surface area contributed by atoms with E-state index >= 15 is 0 Å². The number of para-hydroxylation sites is 1. The van der Waals surface area contributed by atoms with Gasteiger partial charge in [0.25, 0.3) is 0 Å². The molecular formula is C22H24IN5O2. The summed E-state index contributed by atoms with van der Waals surface area (Å²) in [5, 5.41) is 6.24. The first-order valence-corrected chi connectivity index (χ1v) is 9.57. The third-order valence-electron chi connectivity index (χ3n) is 4.83. The average molecular weight is 517 g/mol. The molecule has 0 bridgehead atoms. The summed E-state index contributed by atoms with van der Waals surface area (Å²) in [5.74, 6) is 1.13. The number of nitrogens with zero attached hydrogens (tertiary/aromatic N) is 3. The first-order valence-electron chi connectivity index (χ1n) is 9.57. The van der Waals surface area contributed by atoms with Crippen LogP contribution in [0.3, 0.4) is 0 Å². The number of carbonyl (C=O) groups excluding carboxylic acids is 1. The number of halogens is 1. The van der Waals surface area contributed by atoms with Gasteiger partial charge in [0.2, 0.25) is 11.8 Å². The van der Waals surface area contributed by atoms with Gasteiger partial charge >= 0.3 is 0 Å². The Morgan fingerprint density at radius 3 is 2.70 bits per heavy atom. The van der Waals surface area contributed by atoms with Crippen molar-refractivity contribution < 1.29 is 9.21 Å². The summed E-state index contributed by atoms with van der Waals surface area (Å²) in [6.45, 7) is 1.33. The smallest absolute Gasteiger partial charge is 0.246 e. The van der Waals surface area contributed by atoms with Crippen molar-refractivity contribution in [3.8, 4) is 11.5 Å². The largest absolute Gasteiger partial charge is 0.444 e. The Morgan fingerprint density at radius 2 is 1.90 bits per heavy atom. The van der Waals surface area contributed by atoms with Crippen molar-refractivity contribution in [1.82, 2.24) is 15.6 Å². The number of hydrogen-bond donors (Lipinski definition) is 2. The van der Waals surface area contributed by atoms with Crippen molar-refractivity contribution in [2.75, 3.05) is 25.0 Å². The minimum atomic E-state index is 0. The highest BCUT2D eigenvalue weighted by Gasteiger charge is 2.23. The van der Waals surface area contributed by atoms with E-state index < -0.39 is 0 Å². The maximum atomic E-state index is 12.6. The molecule has 1 amide bonds. The van der Waals surface area contributed by atoms with Crippen molar-refractivity contribution in [2.45, 2.75) is 13.0 Å².